The molecule has 0 fully saturated rings. The number of para-hydroxylation sites is 3. The summed E-state index contributed by atoms with van der Waals surface area (Å²) in [6.45, 7) is 0. The van der Waals surface area contributed by atoms with Crippen LogP contribution < -0.4 is 0 Å². The van der Waals surface area contributed by atoms with E-state index < -0.39 is 0 Å². The van der Waals surface area contributed by atoms with Crippen molar-refractivity contribution >= 4 is 43.6 Å². The highest BCUT2D eigenvalue weighted by molar-refractivity contribution is 6.11. The van der Waals surface area contributed by atoms with Gasteiger partial charge in [-0.15, -0.1) is 0 Å². The fourth-order valence-electron chi connectivity index (χ4n) is 7.48. The van der Waals surface area contributed by atoms with Crippen molar-refractivity contribution in [3.63, 3.8) is 0 Å². The molecule has 0 saturated carbocycles. The van der Waals surface area contributed by atoms with E-state index in [1.807, 2.05) is 78.9 Å². The molecule has 0 spiro atoms. The lowest BCUT2D eigenvalue weighted by atomic mass is 9.93. The van der Waals surface area contributed by atoms with Gasteiger partial charge in [-0.05, 0) is 83.9 Å². The molecule has 0 aliphatic carbocycles. The highest BCUT2D eigenvalue weighted by Gasteiger charge is 2.20. The Bertz CT molecular complexity index is 2920. The van der Waals surface area contributed by atoms with Gasteiger partial charge in [0.25, 0.3) is 0 Å². The summed E-state index contributed by atoms with van der Waals surface area (Å²) in [7, 11) is 0. The molecule has 0 bridgehead atoms. The summed E-state index contributed by atoms with van der Waals surface area (Å²) < 4.78 is 4.43. The van der Waals surface area contributed by atoms with Crippen LogP contribution in [0.3, 0.4) is 0 Å². The van der Waals surface area contributed by atoms with Crippen molar-refractivity contribution in [1.82, 2.24) is 9.13 Å². The summed E-state index contributed by atoms with van der Waals surface area (Å²) in [5, 5.41) is 34.7. The first-order valence-electron chi connectivity index (χ1n) is 16.3. The molecule has 0 N–H and O–H groups in total. The second-order valence-corrected chi connectivity index (χ2v) is 12.3. The van der Waals surface area contributed by atoms with E-state index in [0.717, 1.165) is 66.5 Å². The van der Waals surface area contributed by atoms with Gasteiger partial charge < -0.3 is 9.13 Å². The van der Waals surface area contributed by atoms with Gasteiger partial charge in [-0.1, -0.05) is 78.9 Å². The maximum Gasteiger partial charge on any atom is 0.0998 e. The Morgan fingerprint density at radius 1 is 0.400 bits per heavy atom. The number of nitrogens with zero attached hydrogens (tertiary/aromatic N) is 5. The van der Waals surface area contributed by atoms with Crippen LogP contribution in [0.4, 0.5) is 0 Å². The molecule has 50 heavy (non-hydrogen) atoms. The number of benzene rings is 7. The maximum absolute atomic E-state index is 10.4. The van der Waals surface area contributed by atoms with Crippen molar-refractivity contribution in [2.75, 3.05) is 0 Å². The predicted molar refractivity (Wildman–Crippen MR) is 200 cm³/mol. The molecule has 0 saturated heterocycles. The quantitative estimate of drug-likeness (QED) is 0.193. The van der Waals surface area contributed by atoms with E-state index in [1.165, 1.54) is 10.8 Å². The molecule has 9 rings (SSSR count). The number of rotatable bonds is 4. The largest absolute Gasteiger partial charge is 0.309 e. The minimum absolute atomic E-state index is 0.541. The summed E-state index contributed by atoms with van der Waals surface area (Å²) in [6, 6.07) is 57.7. The Hall–Kier alpha value is -7.39. The molecule has 7 aromatic carbocycles. The molecule has 230 valence electrons. The van der Waals surface area contributed by atoms with Gasteiger partial charge in [-0.3, -0.25) is 0 Å². The van der Waals surface area contributed by atoms with Crippen LogP contribution in [0.1, 0.15) is 16.7 Å². The van der Waals surface area contributed by atoms with E-state index >= 15 is 0 Å². The van der Waals surface area contributed by atoms with Gasteiger partial charge in [0, 0.05) is 38.4 Å². The first kappa shape index (κ1) is 28.8. The van der Waals surface area contributed by atoms with E-state index in [-0.39, 0.29) is 0 Å². The average Bonchev–Trinajstić information content (AvgIpc) is 3.70. The molecular formula is C45H25N5. The van der Waals surface area contributed by atoms with Gasteiger partial charge >= 0.3 is 0 Å². The molecule has 0 atom stereocenters. The molecular weight excluding hydrogens is 611 g/mol. The lowest BCUT2D eigenvalue weighted by Crippen LogP contribution is -2.00. The second-order valence-electron chi connectivity index (χ2n) is 12.3. The minimum atomic E-state index is 0.541. The van der Waals surface area contributed by atoms with Gasteiger partial charge in [0.2, 0.25) is 0 Å². The van der Waals surface area contributed by atoms with Gasteiger partial charge in [-0.2, -0.15) is 15.8 Å². The fourth-order valence-corrected chi connectivity index (χ4v) is 7.48. The Morgan fingerprint density at radius 3 is 1.68 bits per heavy atom. The van der Waals surface area contributed by atoms with Crippen molar-refractivity contribution in [3.05, 3.63) is 168 Å². The SMILES string of the molecule is N#Cc1ccc2c(c1)c1ccccc1n2-c1cccc(C#N)c1-c1cccc(-c2cc(-n3c4ccccc4c4ccccc43)ccc2C#N)c1. The number of aromatic nitrogens is 2. The summed E-state index contributed by atoms with van der Waals surface area (Å²) in [5.41, 5.74) is 11.0. The lowest BCUT2D eigenvalue weighted by Gasteiger charge is -2.17. The zero-order valence-electron chi connectivity index (χ0n) is 26.7. The third kappa shape index (κ3) is 4.31. The van der Waals surface area contributed by atoms with Gasteiger partial charge in [0.05, 0.1) is 62.7 Å². The third-order valence-corrected chi connectivity index (χ3v) is 9.63. The number of hydrogen-bond acceptors (Lipinski definition) is 3. The molecule has 0 radical (unpaired) electrons. The molecule has 0 amide bonds. The molecule has 2 heterocycles. The standard InChI is InChI=1S/C45H25N5/c46-26-29-19-22-43-39(23-29)37-14-3-6-17-42(37)50(43)44-18-8-11-33(28-48)45(44)31-10-7-9-30(24-31)38-25-34(21-20-32(38)27-47)49-40-15-4-1-12-35(40)36-13-2-5-16-41(36)49/h1-25H. The van der Waals surface area contributed by atoms with Crippen LogP contribution in [0.5, 0.6) is 0 Å². The molecule has 0 aliphatic heterocycles. The summed E-state index contributed by atoms with van der Waals surface area (Å²) in [4.78, 5) is 0. The van der Waals surface area contributed by atoms with E-state index in [4.69, 9.17) is 0 Å². The highest BCUT2D eigenvalue weighted by Crippen LogP contribution is 2.40. The van der Waals surface area contributed by atoms with Crippen molar-refractivity contribution in [3.8, 4) is 51.8 Å². The lowest BCUT2D eigenvalue weighted by molar-refractivity contribution is 1.18. The molecule has 0 unspecified atom stereocenters. The smallest absolute Gasteiger partial charge is 0.0998 e. The van der Waals surface area contributed by atoms with Crippen molar-refractivity contribution in [2.24, 2.45) is 0 Å². The van der Waals surface area contributed by atoms with E-state index in [9.17, 15) is 15.8 Å². The van der Waals surface area contributed by atoms with E-state index in [0.29, 0.717) is 16.7 Å². The molecule has 9 aromatic rings. The fraction of sp³-hybridized carbons (Fsp3) is 0. The van der Waals surface area contributed by atoms with E-state index in [2.05, 4.69) is 100 Å². The second kappa shape index (κ2) is 11.4. The molecule has 0 aliphatic rings. The summed E-state index contributed by atoms with van der Waals surface area (Å²) >= 11 is 0. The third-order valence-electron chi connectivity index (χ3n) is 9.63. The highest BCUT2D eigenvalue weighted by atomic mass is 15.0. The Kier molecular flexibility index (Phi) is 6.56. The topological polar surface area (TPSA) is 81.2 Å². The van der Waals surface area contributed by atoms with Crippen LogP contribution in [-0.2, 0) is 0 Å². The summed E-state index contributed by atoms with van der Waals surface area (Å²) in [6.07, 6.45) is 0. The van der Waals surface area contributed by atoms with Crippen molar-refractivity contribution < 1.29 is 0 Å². The van der Waals surface area contributed by atoms with Crippen LogP contribution in [0.15, 0.2) is 152 Å². The van der Waals surface area contributed by atoms with Gasteiger partial charge in [0.1, 0.15) is 0 Å². The molecule has 2 aromatic heterocycles. The normalized spacial score (nSPS) is 11.1. The monoisotopic (exact) mass is 635 g/mol. The maximum atomic E-state index is 10.4. The van der Waals surface area contributed by atoms with Crippen LogP contribution in [0, 0.1) is 34.0 Å². The Morgan fingerprint density at radius 2 is 1.00 bits per heavy atom. The molecule has 5 nitrogen and oxygen atoms in total. The van der Waals surface area contributed by atoms with Crippen LogP contribution in [-0.4, -0.2) is 9.13 Å². The van der Waals surface area contributed by atoms with Gasteiger partial charge in [-0.25, -0.2) is 0 Å². The predicted octanol–water partition coefficient (Wildman–Crippen LogP) is 10.8. The Labute approximate surface area is 287 Å². The van der Waals surface area contributed by atoms with Crippen LogP contribution in [0.25, 0.3) is 77.2 Å². The van der Waals surface area contributed by atoms with Crippen LogP contribution in [0.2, 0.25) is 0 Å². The minimum Gasteiger partial charge on any atom is -0.309 e. The first-order chi connectivity index (χ1) is 24.7. The van der Waals surface area contributed by atoms with E-state index in [1.54, 1.807) is 0 Å². The van der Waals surface area contributed by atoms with Crippen molar-refractivity contribution in [1.29, 1.82) is 15.8 Å². The van der Waals surface area contributed by atoms with Crippen LogP contribution >= 0.6 is 0 Å². The van der Waals surface area contributed by atoms with Gasteiger partial charge in [0.15, 0.2) is 0 Å². The van der Waals surface area contributed by atoms with Crippen molar-refractivity contribution in [2.45, 2.75) is 0 Å². The first-order valence-corrected chi connectivity index (χ1v) is 16.3. The number of fused-ring (bicyclic) bond motifs is 6. The summed E-state index contributed by atoms with van der Waals surface area (Å²) in [5.74, 6) is 0. The zero-order chi connectivity index (χ0) is 33.8. The Balaban J connectivity index is 1.27. The average molecular weight is 636 g/mol. The zero-order valence-corrected chi connectivity index (χ0v) is 26.7. The number of nitriles is 3. The molecule has 5 heteroatoms. The number of hydrogen-bond donors (Lipinski definition) is 0.